The summed E-state index contributed by atoms with van der Waals surface area (Å²) in [7, 11) is 3.20. The standard InChI is InChI=1S/C20H25N3O4/c1-26-13-5-12-21-20(25)15-8-10-16(11-9-15)23-19(24)14-22-17-6-3-4-7-18(17)27-2/h3-4,6-11,22H,5,12-14H2,1-2H3,(H,21,25)(H,23,24). The minimum atomic E-state index is -0.197. The summed E-state index contributed by atoms with van der Waals surface area (Å²) in [6, 6.07) is 14.1. The van der Waals surface area contributed by atoms with Crippen molar-refractivity contribution in [3.63, 3.8) is 0 Å². The van der Waals surface area contributed by atoms with Gasteiger partial charge in [0, 0.05) is 31.5 Å². The largest absolute Gasteiger partial charge is 0.495 e. The van der Waals surface area contributed by atoms with E-state index in [1.54, 1.807) is 38.5 Å². The van der Waals surface area contributed by atoms with Gasteiger partial charge in [0.1, 0.15) is 5.75 Å². The van der Waals surface area contributed by atoms with E-state index in [1.807, 2.05) is 24.3 Å². The Morgan fingerprint density at radius 2 is 1.74 bits per heavy atom. The lowest BCUT2D eigenvalue weighted by Crippen LogP contribution is -2.25. The van der Waals surface area contributed by atoms with Crippen LogP contribution in [0.25, 0.3) is 0 Å². The molecule has 0 bridgehead atoms. The molecule has 2 rings (SSSR count). The van der Waals surface area contributed by atoms with Crippen molar-refractivity contribution in [1.82, 2.24) is 5.32 Å². The summed E-state index contributed by atoms with van der Waals surface area (Å²) in [5, 5.41) is 8.64. The zero-order chi connectivity index (χ0) is 19.5. The fourth-order valence-electron chi connectivity index (χ4n) is 2.40. The lowest BCUT2D eigenvalue weighted by atomic mass is 10.2. The second kappa shape index (κ2) is 10.8. The van der Waals surface area contributed by atoms with E-state index in [9.17, 15) is 9.59 Å². The van der Waals surface area contributed by atoms with Crippen molar-refractivity contribution in [3.05, 3.63) is 54.1 Å². The Balaban J connectivity index is 1.81. The molecule has 2 aromatic carbocycles. The van der Waals surface area contributed by atoms with E-state index < -0.39 is 0 Å². The van der Waals surface area contributed by atoms with Crippen molar-refractivity contribution in [1.29, 1.82) is 0 Å². The molecule has 0 spiro atoms. The minimum Gasteiger partial charge on any atom is -0.495 e. The maximum absolute atomic E-state index is 12.1. The topological polar surface area (TPSA) is 88.7 Å². The van der Waals surface area contributed by atoms with Crippen molar-refractivity contribution >= 4 is 23.2 Å². The van der Waals surface area contributed by atoms with Crippen LogP contribution in [0.3, 0.4) is 0 Å². The summed E-state index contributed by atoms with van der Waals surface area (Å²) < 4.78 is 10.2. The molecule has 0 aliphatic carbocycles. The number of anilines is 2. The van der Waals surface area contributed by atoms with Gasteiger partial charge in [-0.05, 0) is 42.8 Å². The molecular weight excluding hydrogens is 346 g/mol. The number of amides is 2. The van der Waals surface area contributed by atoms with Crippen molar-refractivity contribution in [2.24, 2.45) is 0 Å². The Morgan fingerprint density at radius 3 is 2.44 bits per heavy atom. The van der Waals surface area contributed by atoms with E-state index >= 15 is 0 Å². The summed E-state index contributed by atoms with van der Waals surface area (Å²) in [5.74, 6) is 0.325. The molecule has 2 amide bonds. The van der Waals surface area contributed by atoms with Gasteiger partial charge < -0.3 is 25.4 Å². The minimum absolute atomic E-state index is 0.0993. The van der Waals surface area contributed by atoms with E-state index in [1.165, 1.54) is 0 Å². The first-order valence-electron chi connectivity index (χ1n) is 8.68. The first-order chi connectivity index (χ1) is 13.1. The Labute approximate surface area is 159 Å². The first-order valence-corrected chi connectivity index (χ1v) is 8.68. The van der Waals surface area contributed by atoms with Gasteiger partial charge in [-0.15, -0.1) is 0 Å². The molecule has 7 heteroatoms. The van der Waals surface area contributed by atoms with Crippen molar-refractivity contribution in [2.75, 3.05) is 44.5 Å². The number of rotatable bonds is 10. The smallest absolute Gasteiger partial charge is 0.251 e. The SMILES string of the molecule is COCCCNC(=O)c1ccc(NC(=O)CNc2ccccc2OC)cc1. The lowest BCUT2D eigenvalue weighted by molar-refractivity contribution is -0.114. The molecule has 0 aliphatic rings. The molecule has 0 unspecified atom stereocenters. The zero-order valence-corrected chi connectivity index (χ0v) is 15.6. The van der Waals surface area contributed by atoms with Gasteiger partial charge in [0.2, 0.25) is 5.91 Å². The average Bonchev–Trinajstić information content (AvgIpc) is 2.70. The molecule has 144 valence electrons. The van der Waals surface area contributed by atoms with E-state index in [0.717, 1.165) is 12.1 Å². The van der Waals surface area contributed by atoms with Gasteiger partial charge in [0.25, 0.3) is 5.91 Å². The zero-order valence-electron chi connectivity index (χ0n) is 15.6. The van der Waals surface area contributed by atoms with Crippen LogP contribution in [0.15, 0.2) is 48.5 Å². The highest BCUT2D eigenvalue weighted by molar-refractivity contribution is 5.96. The average molecular weight is 371 g/mol. The number of ether oxygens (including phenoxy) is 2. The Bertz CT molecular complexity index is 747. The van der Waals surface area contributed by atoms with Gasteiger partial charge in [0.15, 0.2) is 0 Å². The quantitative estimate of drug-likeness (QED) is 0.559. The summed E-state index contributed by atoms with van der Waals surface area (Å²) in [6.07, 6.45) is 0.760. The summed E-state index contributed by atoms with van der Waals surface area (Å²) in [4.78, 5) is 24.1. The highest BCUT2D eigenvalue weighted by atomic mass is 16.5. The molecule has 0 saturated heterocycles. The lowest BCUT2D eigenvalue weighted by Gasteiger charge is -2.11. The molecule has 2 aromatic rings. The van der Waals surface area contributed by atoms with E-state index in [0.29, 0.717) is 30.2 Å². The summed E-state index contributed by atoms with van der Waals surface area (Å²) in [6.45, 7) is 1.26. The number of nitrogens with one attached hydrogen (secondary N) is 3. The number of carbonyl (C=O) groups excluding carboxylic acids is 2. The highest BCUT2D eigenvalue weighted by Crippen LogP contribution is 2.22. The Morgan fingerprint density at radius 1 is 1.00 bits per heavy atom. The van der Waals surface area contributed by atoms with Crippen LogP contribution in [0, 0.1) is 0 Å². The van der Waals surface area contributed by atoms with Crippen LogP contribution >= 0.6 is 0 Å². The molecule has 27 heavy (non-hydrogen) atoms. The molecule has 0 radical (unpaired) electrons. The second-order valence-electron chi connectivity index (χ2n) is 5.78. The van der Waals surface area contributed by atoms with E-state index in [2.05, 4.69) is 16.0 Å². The number of benzene rings is 2. The van der Waals surface area contributed by atoms with Gasteiger partial charge in [-0.1, -0.05) is 12.1 Å². The molecular formula is C20H25N3O4. The van der Waals surface area contributed by atoms with Crippen LogP contribution < -0.4 is 20.7 Å². The molecule has 0 saturated carbocycles. The van der Waals surface area contributed by atoms with Crippen LogP contribution in [0.4, 0.5) is 11.4 Å². The third kappa shape index (κ3) is 6.63. The maximum Gasteiger partial charge on any atom is 0.251 e. The maximum atomic E-state index is 12.1. The van der Waals surface area contributed by atoms with Crippen molar-refractivity contribution in [2.45, 2.75) is 6.42 Å². The monoisotopic (exact) mass is 371 g/mol. The fourth-order valence-corrected chi connectivity index (χ4v) is 2.40. The molecule has 0 atom stereocenters. The predicted octanol–water partition coefficient (Wildman–Crippen LogP) is 2.51. The normalized spacial score (nSPS) is 10.1. The third-order valence-corrected chi connectivity index (χ3v) is 3.79. The molecule has 3 N–H and O–H groups in total. The molecule has 0 fully saturated rings. The van der Waals surface area contributed by atoms with Gasteiger partial charge in [0.05, 0.1) is 19.3 Å². The Hall–Kier alpha value is -3.06. The van der Waals surface area contributed by atoms with Crippen LogP contribution in [-0.4, -0.2) is 45.7 Å². The molecule has 0 aliphatic heterocycles. The Kier molecular flexibility index (Phi) is 8.12. The van der Waals surface area contributed by atoms with E-state index in [-0.39, 0.29) is 18.4 Å². The first kappa shape index (κ1) is 20.3. The van der Waals surface area contributed by atoms with E-state index in [4.69, 9.17) is 9.47 Å². The van der Waals surface area contributed by atoms with Crippen molar-refractivity contribution < 1.29 is 19.1 Å². The van der Waals surface area contributed by atoms with Gasteiger partial charge in [-0.2, -0.15) is 0 Å². The van der Waals surface area contributed by atoms with Crippen LogP contribution in [0.1, 0.15) is 16.8 Å². The van der Waals surface area contributed by atoms with Gasteiger partial charge >= 0.3 is 0 Å². The number of para-hydroxylation sites is 2. The third-order valence-electron chi connectivity index (χ3n) is 3.79. The van der Waals surface area contributed by atoms with Crippen molar-refractivity contribution in [3.8, 4) is 5.75 Å². The summed E-state index contributed by atoms with van der Waals surface area (Å²) >= 11 is 0. The number of carbonyl (C=O) groups is 2. The fraction of sp³-hybridized carbons (Fsp3) is 0.300. The molecule has 0 heterocycles. The highest BCUT2D eigenvalue weighted by Gasteiger charge is 2.07. The number of hydrogen-bond donors (Lipinski definition) is 3. The molecule has 0 aromatic heterocycles. The van der Waals surface area contributed by atoms with Crippen LogP contribution in [-0.2, 0) is 9.53 Å². The second-order valence-corrected chi connectivity index (χ2v) is 5.78. The predicted molar refractivity (Wildman–Crippen MR) is 105 cm³/mol. The van der Waals surface area contributed by atoms with Crippen LogP contribution in [0.5, 0.6) is 5.75 Å². The number of hydrogen-bond acceptors (Lipinski definition) is 5. The van der Waals surface area contributed by atoms with Crippen LogP contribution in [0.2, 0.25) is 0 Å². The molecule has 7 nitrogen and oxygen atoms in total. The summed E-state index contributed by atoms with van der Waals surface area (Å²) in [5.41, 5.74) is 1.91. The van der Waals surface area contributed by atoms with Gasteiger partial charge in [-0.3, -0.25) is 9.59 Å². The van der Waals surface area contributed by atoms with Gasteiger partial charge in [-0.25, -0.2) is 0 Å². The number of methoxy groups -OCH3 is 2.